The van der Waals surface area contributed by atoms with Crippen LogP contribution in [-0.4, -0.2) is 42.4 Å². The summed E-state index contributed by atoms with van der Waals surface area (Å²) in [6.07, 6.45) is 23.5. The van der Waals surface area contributed by atoms with Crippen LogP contribution in [0.3, 0.4) is 0 Å². The van der Waals surface area contributed by atoms with Crippen molar-refractivity contribution in [2.24, 2.45) is 16.2 Å². The van der Waals surface area contributed by atoms with Crippen LogP contribution in [0.15, 0.2) is 106 Å². The Balaban J connectivity index is 1.97. The van der Waals surface area contributed by atoms with E-state index in [9.17, 15) is 23.1 Å². The molecular weight excluding hydrogens is 625 g/mol. The van der Waals surface area contributed by atoms with Crippen LogP contribution in [0.5, 0.6) is 0 Å². The summed E-state index contributed by atoms with van der Waals surface area (Å²) in [6, 6.07) is 0. The highest BCUT2D eigenvalue weighted by molar-refractivity contribution is 7.80. The monoisotopic (exact) mass is 676 g/mol. The molecule has 2 atom stereocenters. The quantitative estimate of drug-likeness (QED) is 0.0925. The molecule has 0 bridgehead atoms. The maximum atomic E-state index is 12.9. The number of aliphatic hydroxyl groups excluding tert-OH is 1. The topological polar surface area (TPSA) is 118 Å². The molecule has 260 valence electrons. The molecule has 0 aromatic carbocycles. The molecule has 0 unspecified atom stereocenters. The van der Waals surface area contributed by atoms with Crippen LogP contribution >= 0.6 is 0 Å². The van der Waals surface area contributed by atoms with Gasteiger partial charge in [0.05, 0.1) is 12.7 Å². The lowest BCUT2D eigenvalue weighted by Crippen LogP contribution is -2.36. The maximum absolute atomic E-state index is 12.9. The highest BCUT2D eigenvalue weighted by atomic mass is 32.3. The second-order valence-electron chi connectivity index (χ2n) is 14.3. The molecule has 7 nitrogen and oxygen atoms in total. The average Bonchev–Trinajstić information content (AvgIpc) is 3.17. The van der Waals surface area contributed by atoms with Crippen LogP contribution in [0.2, 0.25) is 0 Å². The summed E-state index contributed by atoms with van der Waals surface area (Å²) >= 11 is 0. The van der Waals surface area contributed by atoms with Crippen molar-refractivity contribution in [3.63, 3.8) is 0 Å². The van der Waals surface area contributed by atoms with E-state index in [4.69, 9.17) is 8.74 Å². The third-order valence-corrected chi connectivity index (χ3v) is 9.60. The van der Waals surface area contributed by atoms with Gasteiger partial charge in [-0.25, -0.2) is 4.18 Å². The zero-order valence-electron chi connectivity index (χ0n) is 29.9. The van der Waals surface area contributed by atoms with Crippen molar-refractivity contribution in [1.29, 1.82) is 0 Å². The number of hydrogen-bond acceptors (Lipinski definition) is 6. The van der Waals surface area contributed by atoms with Gasteiger partial charge in [-0.2, -0.15) is 8.42 Å². The first-order valence-electron chi connectivity index (χ1n) is 16.2. The molecule has 2 aliphatic rings. The number of ketones is 2. The van der Waals surface area contributed by atoms with Crippen LogP contribution in [-0.2, 0) is 24.2 Å². The molecule has 0 spiro atoms. The highest BCUT2D eigenvalue weighted by Gasteiger charge is 2.52. The lowest BCUT2D eigenvalue weighted by atomic mass is 9.66. The van der Waals surface area contributed by atoms with Gasteiger partial charge in [0, 0.05) is 34.8 Å². The van der Waals surface area contributed by atoms with Gasteiger partial charge in [-0.3, -0.25) is 14.1 Å². The molecule has 0 aliphatic heterocycles. The molecule has 1 saturated carbocycles. The summed E-state index contributed by atoms with van der Waals surface area (Å²) in [5, 5.41) is 9.82. The average molecular weight is 677 g/mol. The Bertz CT molecular complexity index is 1690. The van der Waals surface area contributed by atoms with Crippen molar-refractivity contribution in [3.8, 4) is 11.8 Å². The Morgan fingerprint density at radius 3 is 1.92 bits per heavy atom. The van der Waals surface area contributed by atoms with Crippen LogP contribution in [0.4, 0.5) is 0 Å². The van der Waals surface area contributed by atoms with Gasteiger partial charge >= 0.3 is 10.4 Å². The van der Waals surface area contributed by atoms with E-state index in [1.54, 1.807) is 18.2 Å². The summed E-state index contributed by atoms with van der Waals surface area (Å²) in [6.45, 7) is 17.3. The molecule has 48 heavy (non-hydrogen) atoms. The summed E-state index contributed by atoms with van der Waals surface area (Å²) in [5.41, 5.74) is 3.83. The first-order chi connectivity index (χ1) is 22.2. The van der Waals surface area contributed by atoms with E-state index in [-0.39, 0.29) is 23.6 Å². The summed E-state index contributed by atoms with van der Waals surface area (Å²) in [4.78, 5) is 24.9. The summed E-state index contributed by atoms with van der Waals surface area (Å²) in [5.74, 6) is 6.35. The van der Waals surface area contributed by atoms with E-state index in [1.165, 1.54) is 0 Å². The molecule has 0 amide bonds. The van der Waals surface area contributed by atoms with Crippen molar-refractivity contribution in [2.75, 3.05) is 6.61 Å². The Morgan fingerprint density at radius 2 is 1.42 bits per heavy atom. The third kappa shape index (κ3) is 12.4. The van der Waals surface area contributed by atoms with Crippen LogP contribution in [0, 0.1) is 28.1 Å². The van der Waals surface area contributed by atoms with Gasteiger partial charge in [0.25, 0.3) is 0 Å². The molecule has 2 rings (SSSR count). The Kier molecular flexibility index (Phi) is 14.5. The maximum Gasteiger partial charge on any atom is 0.397 e. The van der Waals surface area contributed by atoms with Crippen molar-refractivity contribution in [1.82, 2.24) is 0 Å². The van der Waals surface area contributed by atoms with Crippen molar-refractivity contribution < 1.29 is 31.8 Å². The molecule has 2 aliphatic carbocycles. The van der Waals surface area contributed by atoms with Crippen LogP contribution in [0.25, 0.3) is 0 Å². The molecule has 2 N–H and O–H groups in total. The van der Waals surface area contributed by atoms with Gasteiger partial charge < -0.3 is 5.11 Å². The van der Waals surface area contributed by atoms with Gasteiger partial charge in [-0.05, 0) is 58.1 Å². The molecular formula is C40H52O7S. The van der Waals surface area contributed by atoms with E-state index < -0.39 is 27.3 Å². The summed E-state index contributed by atoms with van der Waals surface area (Å²) < 4.78 is 36.2. The zero-order valence-corrected chi connectivity index (χ0v) is 30.7. The highest BCUT2D eigenvalue weighted by Crippen LogP contribution is 2.51. The van der Waals surface area contributed by atoms with Gasteiger partial charge in [-0.15, -0.1) is 0 Å². The van der Waals surface area contributed by atoms with E-state index >= 15 is 0 Å². The third-order valence-electron chi connectivity index (χ3n) is 9.08. The molecule has 0 aromatic rings. The Labute approximate surface area is 288 Å². The minimum absolute atomic E-state index is 0.00557. The van der Waals surface area contributed by atoms with Crippen molar-refractivity contribution in [3.05, 3.63) is 106 Å². The van der Waals surface area contributed by atoms with E-state index in [1.807, 2.05) is 117 Å². The number of hydrogen-bond donors (Lipinski definition) is 2. The lowest BCUT2D eigenvalue weighted by molar-refractivity contribution is -0.128. The molecule has 0 saturated heterocycles. The van der Waals surface area contributed by atoms with E-state index in [0.717, 1.165) is 27.9 Å². The van der Waals surface area contributed by atoms with Gasteiger partial charge in [-0.1, -0.05) is 130 Å². The Hall–Kier alpha value is -3.61. The number of carbonyl (C=O) groups excluding carboxylic acids is 2. The fourth-order valence-corrected chi connectivity index (χ4v) is 6.48. The van der Waals surface area contributed by atoms with Crippen LogP contribution in [0.1, 0.15) is 88.0 Å². The predicted octanol–water partition coefficient (Wildman–Crippen LogP) is 8.26. The molecule has 0 heterocycles. The minimum Gasteiger partial charge on any atom is -0.391 e. The SMILES string of the molecule is CC1=C(C#C/C(=C/C=C/C(C)=C/C=C/C=C(C)/C=C/C=C(C)/C=C/C(=O)[C@]2(C)CC(=O)CC2(C)C)CO)C(C)(C)C[C@H](OS(=O)(=O)O)C1. The largest absolute Gasteiger partial charge is 0.397 e. The van der Waals surface area contributed by atoms with E-state index in [0.29, 0.717) is 31.3 Å². The van der Waals surface area contributed by atoms with Gasteiger partial charge in [0.15, 0.2) is 5.78 Å². The number of rotatable bonds is 12. The fraction of sp³-hybridized carbons (Fsp3) is 0.450. The zero-order chi connectivity index (χ0) is 36.3. The van der Waals surface area contributed by atoms with E-state index in [2.05, 4.69) is 11.8 Å². The van der Waals surface area contributed by atoms with Crippen molar-refractivity contribution in [2.45, 2.75) is 94.1 Å². The molecule has 0 radical (unpaired) electrons. The normalized spacial score (nSPS) is 24.4. The molecule has 1 fully saturated rings. The standard InChI is InChI=1S/C40H52O7S/c1-29(16-12-17-31(3)20-23-37(43)40(9)26-34(42)25-39(40,7)8)14-10-11-15-30(2)18-13-19-33(28-41)21-22-36-32(4)24-35(27-38(36,5)6)47-48(44,45)46/h10-20,23,35,41H,24-28H2,1-9H3,(H,44,45,46)/b11-10+,16-12+,18-13+,23-20+,29-14+,30-15+,31-17+,33-19-/t35-,40+/m1/s1. The number of carbonyl (C=O) groups is 2. The van der Waals surface area contributed by atoms with Gasteiger partial charge in [0.2, 0.25) is 0 Å². The smallest absolute Gasteiger partial charge is 0.391 e. The first kappa shape index (κ1) is 40.6. The second-order valence-corrected chi connectivity index (χ2v) is 15.4. The molecule has 0 aromatic heterocycles. The number of aliphatic hydroxyl groups is 1. The first-order valence-corrected chi connectivity index (χ1v) is 17.5. The minimum atomic E-state index is -4.53. The number of Topliss-reactive ketones (excluding diaryl/α,β-unsaturated/α-hetero) is 1. The predicted molar refractivity (Wildman–Crippen MR) is 194 cm³/mol. The second kappa shape index (κ2) is 17.2. The molecule has 8 heteroatoms. The summed E-state index contributed by atoms with van der Waals surface area (Å²) in [7, 11) is -4.53. The van der Waals surface area contributed by atoms with Crippen molar-refractivity contribution >= 4 is 22.0 Å². The fourth-order valence-electron chi connectivity index (χ4n) is 6.00. The lowest BCUT2D eigenvalue weighted by Gasteiger charge is -2.35. The van der Waals surface area contributed by atoms with Crippen LogP contribution < -0.4 is 0 Å². The number of allylic oxidation sites excluding steroid dienone is 16. The Morgan fingerprint density at radius 1 is 0.875 bits per heavy atom. The van der Waals surface area contributed by atoms with Gasteiger partial charge in [0.1, 0.15) is 5.78 Å².